The molecule has 0 atom stereocenters. The van der Waals surface area contributed by atoms with Gasteiger partial charge in [0.15, 0.2) is 0 Å². The number of halogens is 1. The maximum Gasteiger partial charge on any atom is 0.231 e. The zero-order valence-corrected chi connectivity index (χ0v) is 10.3. The second-order valence-corrected chi connectivity index (χ2v) is 4.91. The number of hydrogen-bond acceptors (Lipinski definition) is 3. The first kappa shape index (κ1) is 12.3. The van der Waals surface area contributed by atoms with Crippen molar-refractivity contribution in [2.75, 3.05) is 11.9 Å². The minimum Gasteiger partial charge on any atom is -0.329 e. The van der Waals surface area contributed by atoms with Gasteiger partial charge in [-0.15, -0.1) is 0 Å². The fourth-order valence-corrected chi connectivity index (χ4v) is 2.45. The van der Waals surface area contributed by atoms with E-state index in [0.29, 0.717) is 17.3 Å². The molecule has 5 heteroatoms. The van der Waals surface area contributed by atoms with E-state index in [9.17, 15) is 4.79 Å². The van der Waals surface area contributed by atoms with E-state index in [1.165, 1.54) is 0 Å². The minimum absolute atomic E-state index is 0.0348. The minimum atomic E-state index is -0.417. The van der Waals surface area contributed by atoms with Crippen molar-refractivity contribution in [2.24, 2.45) is 11.1 Å². The summed E-state index contributed by atoms with van der Waals surface area (Å²) in [5.74, 6) is -0.0348. The predicted octanol–water partition coefficient (Wildman–Crippen LogP) is 2.19. The maximum absolute atomic E-state index is 12.2. The Balaban J connectivity index is 2.14. The SMILES string of the molecule is NCC1(C(=O)Nc2cnccc2Cl)CCCC1. The molecule has 1 fully saturated rings. The Morgan fingerprint density at radius 3 is 2.82 bits per heavy atom. The normalized spacial score (nSPS) is 18.0. The van der Waals surface area contributed by atoms with Crippen molar-refractivity contribution in [3.8, 4) is 0 Å². The first-order valence-corrected chi connectivity index (χ1v) is 6.17. The van der Waals surface area contributed by atoms with Gasteiger partial charge in [-0.1, -0.05) is 24.4 Å². The molecule has 1 amide bonds. The molecule has 0 saturated heterocycles. The number of amides is 1. The lowest BCUT2D eigenvalue weighted by Crippen LogP contribution is -2.40. The second kappa shape index (κ2) is 5.02. The monoisotopic (exact) mass is 253 g/mol. The molecular weight excluding hydrogens is 238 g/mol. The smallest absolute Gasteiger partial charge is 0.231 e. The van der Waals surface area contributed by atoms with E-state index in [1.807, 2.05) is 0 Å². The molecule has 4 nitrogen and oxygen atoms in total. The van der Waals surface area contributed by atoms with Crippen molar-refractivity contribution in [1.29, 1.82) is 0 Å². The lowest BCUT2D eigenvalue weighted by atomic mass is 9.85. The van der Waals surface area contributed by atoms with Crippen LogP contribution in [0.5, 0.6) is 0 Å². The Labute approximate surface area is 106 Å². The van der Waals surface area contributed by atoms with Crippen molar-refractivity contribution in [2.45, 2.75) is 25.7 Å². The van der Waals surface area contributed by atoms with E-state index in [2.05, 4.69) is 10.3 Å². The average Bonchev–Trinajstić information content (AvgIpc) is 2.82. The number of hydrogen-bond donors (Lipinski definition) is 2. The summed E-state index contributed by atoms with van der Waals surface area (Å²) in [5, 5.41) is 3.33. The molecule has 17 heavy (non-hydrogen) atoms. The van der Waals surface area contributed by atoms with Crippen LogP contribution in [0.4, 0.5) is 5.69 Å². The fraction of sp³-hybridized carbons (Fsp3) is 0.500. The number of aromatic nitrogens is 1. The Morgan fingerprint density at radius 2 is 2.24 bits per heavy atom. The third-order valence-corrected chi connectivity index (χ3v) is 3.78. The third-order valence-electron chi connectivity index (χ3n) is 3.45. The van der Waals surface area contributed by atoms with Crippen molar-refractivity contribution in [1.82, 2.24) is 4.98 Å². The molecular formula is C12H16ClN3O. The number of carbonyl (C=O) groups is 1. The molecule has 2 rings (SSSR count). The molecule has 1 aliphatic carbocycles. The molecule has 0 spiro atoms. The van der Waals surface area contributed by atoms with Crippen LogP contribution in [0.3, 0.4) is 0 Å². The average molecular weight is 254 g/mol. The molecule has 1 aromatic rings. The van der Waals surface area contributed by atoms with Crippen LogP contribution >= 0.6 is 11.6 Å². The van der Waals surface area contributed by atoms with Gasteiger partial charge < -0.3 is 11.1 Å². The van der Waals surface area contributed by atoms with Gasteiger partial charge in [-0.2, -0.15) is 0 Å². The molecule has 1 aromatic heterocycles. The zero-order valence-electron chi connectivity index (χ0n) is 9.58. The maximum atomic E-state index is 12.2. The molecule has 0 aliphatic heterocycles. The third kappa shape index (κ3) is 2.42. The molecule has 1 aliphatic rings. The van der Waals surface area contributed by atoms with Crippen molar-refractivity contribution >= 4 is 23.2 Å². The van der Waals surface area contributed by atoms with Gasteiger partial charge in [0, 0.05) is 12.7 Å². The molecule has 3 N–H and O–H groups in total. The van der Waals surface area contributed by atoms with E-state index in [0.717, 1.165) is 25.7 Å². The molecule has 0 radical (unpaired) electrons. The largest absolute Gasteiger partial charge is 0.329 e. The van der Waals surface area contributed by atoms with Gasteiger partial charge in [-0.3, -0.25) is 9.78 Å². The predicted molar refractivity (Wildman–Crippen MR) is 67.8 cm³/mol. The van der Waals surface area contributed by atoms with E-state index in [-0.39, 0.29) is 5.91 Å². The number of pyridine rings is 1. The van der Waals surface area contributed by atoms with Crippen LogP contribution in [-0.2, 0) is 4.79 Å². The van der Waals surface area contributed by atoms with E-state index in [4.69, 9.17) is 17.3 Å². The van der Waals surface area contributed by atoms with E-state index in [1.54, 1.807) is 18.5 Å². The number of nitrogens with two attached hydrogens (primary N) is 1. The standard InChI is InChI=1S/C12H16ClN3O/c13-9-3-6-15-7-10(9)16-11(17)12(8-14)4-1-2-5-12/h3,6-7H,1-2,4-5,8,14H2,(H,16,17). The van der Waals surface area contributed by atoms with Gasteiger partial charge in [-0.05, 0) is 18.9 Å². The molecule has 0 unspecified atom stereocenters. The van der Waals surface area contributed by atoms with Crippen molar-refractivity contribution in [3.63, 3.8) is 0 Å². The van der Waals surface area contributed by atoms with E-state index >= 15 is 0 Å². The lowest BCUT2D eigenvalue weighted by molar-refractivity contribution is -0.124. The summed E-state index contributed by atoms with van der Waals surface area (Å²) >= 11 is 5.98. The van der Waals surface area contributed by atoms with Crippen molar-refractivity contribution in [3.05, 3.63) is 23.5 Å². The fourth-order valence-electron chi connectivity index (χ4n) is 2.30. The first-order valence-electron chi connectivity index (χ1n) is 5.79. The summed E-state index contributed by atoms with van der Waals surface area (Å²) in [6, 6.07) is 1.65. The Bertz CT molecular complexity index is 416. The highest BCUT2D eigenvalue weighted by Crippen LogP contribution is 2.38. The van der Waals surface area contributed by atoms with Gasteiger partial charge >= 0.3 is 0 Å². The summed E-state index contributed by atoms with van der Waals surface area (Å²) in [5.41, 5.74) is 5.89. The van der Waals surface area contributed by atoms with Crippen LogP contribution in [0, 0.1) is 5.41 Å². The second-order valence-electron chi connectivity index (χ2n) is 4.50. The Morgan fingerprint density at radius 1 is 1.53 bits per heavy atom. The Hall–Kier alpha value is -1.13. The van der Waals surface area contributed by atoms with Gasteiger partial charge in [0.1, 0.15) is 0 Å². The highest BCUT2D eigenvalue weighted by Gasteiger charge is 2.39. The topological polar surface area (TPSA) is 68.0 Å². The number of nitrogens with zero attached hydrogens (tertiary/aromatic N) is 1. The van der Waals surface area contributed by atoms with Crippen LogP contribution in [0.15, 0.2) is 18.5 Å². The molecule has 0 aromatic carbocycles. The summed E-state index contributed by atoms with van der Waals surface area (Å²) in [6.07, 6.45) is 6.98. The highest BCUT2D eigenvalue weighted by atomic mass is 35.5. The molecule has 1 saturated carbocycles. The van der Waals surface area contributed by atoms with Gasteiger partial charge in [0.25, 0.3) is 0 Å². The van der Waals surface area contributed by atoms with Gasteiger partial charge in [-0.25, -0.2) is 0 Å². The summed E-state index contributed by atoms with van der Waals surface area (Å²) in [6.45, 7) is 0.386. The highest BCUT2D eigenvalue weighted by molar-refractivity contribution is 6.33. The number of anilines is 1. The van der Waals surface area contributed by atoms with Gasteiger partial charge in [0.2, 0.25) is 5.91 Å². The van der Waals surface area contributed by atoms with Crippen LogP contribution in [0.2, 0.25) is 5.02 Å². The zero-order chi connectivity index (χ0) is 12.3. The molecule has 1 heterocycles. The summed E-state index contributed by atoms with van der Waals surface area (Å²) in [4.78, 5) is 16.2. The lowest BCUT2D eigenvalue weighted by Gasteiger charge is -2.25. The van der Waals surface area contributed by atoms with Crippen LogP contribution in [0.1, 0.15) is 25.7 Å². The van der Waals surface area contributed by atoms with Gasteiger partial charge in [0.05, 0.1) is 22.3 Å². The number of carbonyl (C=O) groups excluding carboxylic acids is 1. The quantitative estimate of drug-likeness (QED) is 0.868. The summed E-state index contributed by atoms with van der Waals surface area (Å²) in [7, 11) is 0. The first-order chi connectivity index (χ1) is 8.18. The summed E-state index contributed by atoms with van der Waals surface area (Å²) < 4.78 is 0. The van der Waals surface area contributed by atoms with Crippen LogP contribution < -0.4 is 11.1 Å². The Kier molecular flexibility index (Phi) is 3.64. The molecule has 0 bridgehead atoms. The van der Waals surface area contributed by atoms with Crippen LogP contribution in [0.25, 0.3) is 0 Å². The van der Waals surface area contributed by atoms with E-state index < -0.39 is 5.41 Å². The number of rotatable bonds is 3. The molecule has 92 valence electrons. The van der Waals surface area contributed by atoms with Crippen LogP contribution in [-0.4, -0.2) is 17.4 Å². The number of nitrogens with one attached hydrogen (secondary N) is 1. The van der Waals surface area contributed by atoms with Crippen molar-refractivity contribution < 1.29 is 4.79 Å².